The lowest BCUT2D eigenvalue weighted by Crippen LogP contribution is -2.51. The third kappa shape index (κ3) is 3.08. The Labute approximate surface area is 95.3 Å². The number of carbonyl (C=O) groups is 2. The van der Waals surface area contributed by atoms with Crippen molar-refractivity contribution in [2.75, 3.05) is 18.0 Å². The van der Waals surface area contributed by atoms with Gasteiger partial charge >= 0.3 is 0 Å². The lowest BCUT2D eigenvalue weighted by atomic mass is 10.2. The number of amides is 2. The van der Waals surface area contributed by atoms with E-state index in [0.29, 0.717) is 0 Å². The zero-order valence-electron chi connectivity index (χ0n) is 9.56. The first-order chi connectivity index (χ1) is 7.75. The second-order valence-electron chi connectivity index (χ2n) is 3.16. The average molecular weight is 220 g/mol. The van der Waals surface area contributed by atoms with Crippen molar-refractivity contribution in [2.24, 2.45) is 0 Å². The monoisotopic (exact) mass is 220 g/mol. The van der Waals surface area contributed by atoms with Crippen molar-refractivity contribution in [3.63, 3.8) is 0 Å². The zero-order valence-corrected chi connectivity index (χ0v) is 9.56. The summed E-state index contributed by atoms with van der Waals surface area (Å²) in [6.45, 7) is 4.49. The summed E-state index contributed by atoms with van der Waals surface area (Å²) in [4.78, 5) is 23.9. The molecule has 4 nitrogen and oxygen atoms in total. The van der Waals surface area contributed by atoms with Gasteiger partial charge in [0.25, 0.3) is 0 Å². The Bertz CT molecular complexity index is 347. The van der Waals surface area contributed by atoms with Crippen LogP contribution >= 0.6 is 0 Å². The highest BCUT2D eigenvalue weighted by Gasteiger charge is 2.21. The number of hydrogen-bond acceptors (Lipinski definition) is 3. The van der Waals surface area contributed by atoms with Crippen molar-refractivity contribution >= 4 is 17.5 Å². The number of nitrogens with one attached hydrogen (secondary N) is 1. The summed E-state index contributed by atoms with van der Waals surface area (Å²) >= 11 is 0. The van der Waals surface area contributed by atoms with Gasteiger partial charge in [0.2, 0.25) is 11.8 Å². The lowest BCUT2D eigenvalue weighted by Gasteiger charge is -2.27. The van der Waals surface area contributed by atoms with Gasteiger partial charge in [0, 0.05) is 5.69 Å². The standard InChI is InChI=1S/C10H10N2O2.C2H6/c13-9-6-12(7-10(14)11-9)8-4-2-1-3-5-8;1-2/h1-5H,6-7H2,(H,11,13,14);1-2H3. The summed E-state index contributed by atoms with van der Waals surface area (Å²) in [6, 6.07) is 9.42. The van der Waals surface area contributed by atoms with Crippen LogP contribution in [0.5, 0.6) is 0 Å². The largest absolute Gasteiger partial charge is 0.353 e. The van der Waals surface area contributed by atoms with Gasteiger partial charge < -0.3 is 4.90 Å². The number of benzene rings is 1. The molecule has 0 aliphatic carbocycles. The zero-order chi connectivity index (χ0) is 12.0. The molecule has 1 saturated heterocycles. The van der Waals surface area contributed by atoms with E-state index in [9.17, 15) is 9.59 Å². The first-order valence-corrected chi connectivity index (χ1v) is 5.38. The van der Waals surface area contributed by atoms with E-state index in [0.717, 1.165) is 5.69 Å². The number of imide groups is 1. The summed E-state index contributed by atoms with van der Waals surface area (Å²) in [5.74, 6) is -0.491. The number of anilines is 1. The Morgan fingerprint density at radius 1 is 1.00 bits per heavy atom. The number of piperazine rings is 1. The minimum atomic E-state index is -0.245. The molecule has 1 aliphatic heterocycles. The van der Waals surface area contributed by atoms with E-state index >= 15 is 0 Å². The van der Waals surface area contributed by atoms with E-state index in [1.165, 1.54) is 0 Å². The Morgan fingerprint density at radius 2 is 1.50 bits per heavy atom. The van der Waals surface area contributed by atoms with Crippen molar-refractivity contribution in [1.82, 2.24) is 5.32 Å². The molecular formula is C12H16N2O2. The molecule has 0 radical (unpaired) electrons. The molecule has 0 atom stereocenters. The molecule has 0 saturated carbocycles. The SMILES string of the molecule is CC.O=C1CN(c2ccccc2)CC(=O)N1. The second-order valence-corrected chi connectivity index (χ2v) is 3.16. The maximum atomic E-state index is 11.1. The molecule has 0 bridgehead atoms. The van der Waals surface area contributed by atoms with Crippen LogP contribution in [0.15, 0.2) is 30.3 Å². The van der Waals surface area contributed by atoms with Crippen molar-refractivity contribution in [2.45, 2.75) is 13.8 Å². The highest BCUT2D eigenvalue weighted by molar-refractivity contribution is 6.02. The molecule has 0 spiro atoms. The fraction of sp³-hybridized carbons (Fsp3) is 0.333. The highest BCUT2D eigenvalue weighted by Crippen LogP contribution is 2.13. The summed E-state index contributed by atoms with van der Waals surface area (Å²) in [7, 11) is 0. The van der Waals surface area contributed by atoms with E-state index in [4.69, 9.17) is 0 Å². The van der Waals surface area contributed by atoms with E-state index in [2.05, 4.69) is 5.32 Å². The Balaban J connectivity index is 0.000000606. The summed E-state index contributed by atoms with van der Waals surface area (Å²) < 4.78 is 0. The highest BCUT2D eigenvalue weighted by atomic mass is 16.2. The Kier molecular flexibility index (Phi) is 4.51. The maximum Gasteiger partial charge on any atom is 0.246 e. The minimum Gasteiger partial charge on any atom is -0.353 e. The number of para-hydroxylation sites is 1. The van der Waals surface area contributed by atoms with Crippen LogP contribution in [0.2, 0.25) is 0 Å². The van der Waals surface area contributed by atoms with Crippen LogP contribution in [0.3, 0.4) is 0 Å². The maximum absolute atomic E-state index is 11.1. The smallest absolute Gasteiger partial charge is 0.246 e. The molecule has 1 aliphatic rings. The van der Waals surface area contributed by atoms with Gasteiger partial charge in [-0.2, -0.15) is 0 Å². The van der Waals surface area contributed by atoms with Crippen molar-refractivity contribution in [1.29, 1.82) is 0 Å². The lowest BCUT2D eigenvalue weighted by molar-refractivity contribution is -0.130. The van der Waals surface area contributed by atoms with Crippen LogP contribution in [-0.2, 0) is 9.59 Å². The van der Waals surface area contributed by atoms with Crippen LogP contribution < -0.4 is 10.2 Å². The van der Waals surface area contributed by atoms with Crippen molar-refractivity contribution in [3.05, 3.63) is 30.3 Å². The van der Waals surface area contributed by atoms with Crippen LogP contribution in [0.25, 0.3) is 0 Å². The number of hydrogen-bond donors (Lipinski definition) is 1. The average Bonchev–Trinajstić information content (AvgIpc) is 2.32. The first-order valence-electron chi connectivity index (χ1n) is 5.38. The molecular weight excluding hydrogens is 204 g/mol. The third-order valence-corrected chi connectivity index (χ3v) is 2.07. The van der Waals surface area contributed by atoms with Gasteiger partial charge in [-0.25, -0.2) is 0 Å². The van der Waals surface area contributed by atoms with Crippen LogP contribution in [0.4, 0.5) is 5.69 Å². The van der Waals surface area contributed by atoms with Gasteiger partial charge in [-0.15, -0.1) is 0 Å². The van der Waals surface area contributed by atoms with Gasteiger partial charge in [-0.1, -0.05) is 32.0 Å². The van der Waals surface area contributed by atoms with Gasteiger partial charge in [0.1, 0.15) is 0 Å². The number of nitrogens with zero attached hydrogens (tertiary/aromatic N) is 1. The van der Waals surface area contributed by atoms with Gasteiger partial charge in [0.05, 0.1) is 13.1 Å². The fourth-order valence-electron chi connectivity index (χ4n) is 1.46. The normalized spacial score (nSPS) is 15.0. The first kappa shape index (κ1) is 12.2. The van der Waals surface area contributed by atoms with E-state index < -0.39 is 0 Å². The second kappa shape index (κ2) is 5.90. The van der Waals surface area contributed by atoms with Crippen molar-refractivity contribution in [3.8, 4) is 0 Å². The van der Waals surface area contributed by atoms with E-state index in [-0.39, 0.29) is 24.9 Å². The molecule has 1 aromatic rings. The van der Waals surface area contributed by atoms with E-state index in [1.807, 2.05) is 44.2 Å². The molecule has 4 heteroatoms. The quantitative estimate of drug-likeness (QED) is 0.723. The molecule has 1 N–H and O–H groups in total. The van der Waals surface area contributed by atoms with Gasteiger partial charge in [-0.3, -0.25) is 14.9 Å². The van der Waals surface area contributed by atoms with Crippen LogP contribution in [-0.4, -0.2) is 24.9 Å². The summed E-state index contributed by atoms with van der Waals surface area (Å²) in [5.41, 5.74) is 0.899. The third-order valence-electron chi connectivity index (χ3n) is 2.07. The Hall–Kier alpha value is -1.84. The number of carbonyl (C=O) groups excluding carboxylic acids is 2. The Morgan fingerprint density at radius 3 is 2.00 bits per heavy atom. The summed E-state index contributed by atoms with van der Waals surface area (Å²) in [5, 5.41) is 2.26. The molecule has 2 amide bonds. The molecule has 0 unspecified atom stereocenters. The van der Waals surface area contributed by atoms with Crippen LogP contribution in [0, 0.1) is 0 Å². The molecule has 1 fully saturated rings. The van der Waals surface area contributed by atoms with Gasteiger partial charge in [0.15, 0.2) is 0 Å². The molecule has 2 rings (SSSR count). The molecule has 0 aromatic heterocycles. The predicted octanol–water partition coefficient (Wildman–Crippen LogP) is 1.18. The predicted molar refractivity (Wildman–Crippen MR) is 63.2 cm³/mol. The van der Waals surface area contributed by atoms with Crippen molar-refractivity contribution < 1.29 is 9.59 Å². The molecule has 1 aromatic carbocycles. The molecule has 16 heavy (non-hydrogen) atoms. The van der Waals surface area contributed by atoms with Gasteiger partial charge in [-0.05, 0) is 12.1 Å². The topological polar surface area (TPSA) is 49.4 Å². The number of rotatable bonds is 1. The fourth-order valence-corrected chi connectivity index (χ4v) is 1.46. The van der Waals surface area contributed by atoms with Crippen LogP contribution in [0.1, 0.15) is 13.8 Å². The van der Waals surface area contributed by atoms with E-state index in [1.54, 1.807) is 4.90 Å². The summed E-state index contributed by atoms with van der Waals surface area (Å²) in [6.07, 6.45) is 0. The molecule has 1 heterocycles. The molecule has 86 valence electrons. The minimum absolute atomic E-state index is 0.245.